The number of H-pyrrole nitrogens is 2. The number of benzene rings is 1. The van der Waals surface area contributed by atoms with E-state index in [2.05, 4.69) is 42.2 Å². The van der Waals surface area contributed by atoms with E-state index in [0.29, 0.717) is 12.4 Å². The second kappa shape index (κ2) is 7.90. The minimum Gasteiger partial charge on any atom is -0.361 e. The summed E-state index contributed by atoms with van der Waals surface area (Å²) >= 11 is 0. The standard InChI is InChI=1S/C20H22N6O/c27-19(8-5-13-26-11-3-4-12-26)23-20-22-18(24-25-20)10-9-15-14-21-17-7-2-1-6-16(15)17/h1-4,6-7,11-12,14,21H,5,8-10,13H2,(H2,22,23,24,25,27). The highest BCUT2D eigenvalue weighted by atomic mass is 16.1. The fraction of sp³-hybridized carbons (Fsp3) is 0.250. The third kappa shape index (κ3) is 4.25. The summed E-state index contributed by atoms with van der Waals surface area (Å²) in [6.07, 6.45) is 8.83. The average Bonchev–Trinajstić information content (AvgIpc) is 3.41. The third-order valence-corrected chi connectivity index (χ3v) is 4.58. The van der Waals surface area contributed by atoms with Crippen LogP contribution < -0.4 is 5.32 Å². The quantitative estimate of drug-likeness (QED) is 0.449. The molecule has 1 aromatic carbocycles. The van der Waals surface area contributed by atoms with Crippen LogP contribution in [0.1, 0.15) is 24.2 Å². The van der Waals surface area contributed by atoms with E-state index in [0.717, 1.165) is 37.1 Å². The zero-order valence-electron chi connectivity index (χ0n) is 15.0. The fourth-order valence-electron chi connectivity index (χ4n) is 3.18. The van der Waals surface area contributed by atoms with Crippen LogP contribution in [0.4, 0.5) is 5.95 Å². The van der Waals surface area contributed by atoms with Crippen LogP contribution >= 0.6 is 0 Å². The molecule has 7 nitrogen and oxygen atoms in total. The number of rotatable bonds is 8. The van der Waals surface area contributed by atoms with Crippen LogP contribution in [-0.4, -0.2) is 30.6 Å². The topological polar surface area (TPSA) is 91.4 Å². The molecule has 1 amide bonds. The first-order valence-corrected chi connectivity index (χ1v) is 9.15. The SMILES string of the molecule is O=C(CCCn1cccc1)Nc1n[nH]c(CCc2c[nH]c3ccccc23)n1. The van der Waals surface area contributed by atoms with Crippen LogP contribution in [0.25, 0.3) is 10.9 Å². The van der Waals surface area contributed by atoms with E-state index < -0.39 is 0 Å². The van der Waals surface area contributed by atoms with Gasteiger partial charge in [-0.1, -0.05) is 18.2 Å². The Bertz CT molecular complexity index is 1010. The van der Waals surface area contributed by atoms with Crippen LogP contribution in [0.3, 0.4) is 0 Å². The molecular formula is C20H22N6O. The van der Waals surface area contributed by atoms with Gasteiger partial charge in [-0.25, -0.2) is 0 Å². The third-order valence-electron chi connectivity index (χ3n) is 4.58. The van der Waals surface area contributed by atoms with Gasteiger partial charge in [-0.3, -0.25) is 15.2 Å². The number of amides is 1. The largest absolute Gasteiger partial charge is 0.361 e. The Labute approximate surface area is 156 Å². The summed E-state index contributed by atoms with van der Waals surface area (Å²) in [5.41, 5.74) is 2.38. The number of nitrogens with one attached hydrogen (secondary N) is 3. The van der Waals surface area contributed by atoms with Gasteiger partial charge in [0, 0.05) is 48.9 Å². The van der Waals surface area contributed by atoms with Crippen LogP contribution in [0, 0.1) is 0 Å². The molecule has 4 rings (SSSR count). The summed E-state index contributed by atoms with van der Waals surface area (Å²) in [5, 5.41) is 11.0. The second-order valence-corrected chi connectivity index (χ2v) is 6.54. The van der Waals surface area contributed by atoms with E-state index in [1.165, 1.54) is 10.9 Å². The summed E-state index contributed by atoms with van der Waals surface area (Å²) in [6.45, 7) is 0.824. The first-order chi connectivity index (χ1) is 13.3. The fourth-order valence-corrected chi connectivity index (χ4v) is 3.18. The molecule has 0 aliphatic heterocycles. The maximum atomic E-state index is 12.0. The van der Waals surface area contributed by atoms with Crippen molar-refractivity contribution in [3.05, 3.63) is 66.4 Å². The van der Waals surface area contributed by atoms with Gasteiger partial charge in [0.2, 0.25) is 11.9 Å². The number of carbonyl (C=O) groups is 1. The molecule has 0 spiro atoms. The first kappa shape index (κ1) is 17.1. The van der Waals surface area contributed by atoms with Crippen molar-refractivity contribution in [3.63, 3.8) is 0 Å². The summed E-state index contributed by atoms with van der Waals surface area (Å²) in [4.78, 5) is 19.7. The molecule has 0 saturated carbocycles. The van der Waals surface area contributed by atoms with Gasteiger partial charge in [-0.15, -0.1) is 5.10 Å². The Morgan fingerprint density at radius 2 is 1.96 bits per heavy atom. The number of aromatic amines is 2. The number of aromatic nitrogens is 5. The van der Waals surface area contributed by atoms with E-state index in [9.17, 15) is 4.79 Å². The van der Waals surface area contributed by atoms with Gasteiger partial charge >= 0.3 is 0 Å². The zero-order valence-corrected chi connectivity index (χ0v) is 15.0. The lowest BCUT2D eigenvalue weighted by molar-refractivity contribution is -0.116. The second-order valence-electron chi connectivity index (χ2n) is 6.54. The molecule has 0 radical (unpaired) electrons. The number of hydrogen-bond donors (Lipinski definition) is 3. The Kier molecular flexibility index (Phi) is 5.00. The molecule has 0 fully saturated rings. The highest BCUT2D eigenvalue weighted by Gasteiger charge is 2.09. The molecule has 138 valence electrons. The normalized spacial score (nSPS) is 11.1. The number of aryl methyl sites for hydroxylation is 3. The number of carbonyl (C=O) groups excluding carboxylic acids is 1. The number of nitrogens with zero attached hydrogens (tertiary/aromatic N) is 3. The molecule has 4 aromatic rings. The molecule has 3 aromatic heterocycles. The monoisotopic (exact) mass is 362 g/mol. The summed E-state index contributed by atoms with van der Waals surface area (Å²) in [5.74, 6) is 1.04. The Morgan fingerprint density at radius 1 is 1.11 bits per heavy atom. The lowest BCUT2D eigenvalue weighted by Gasteiger charge is -2.02. The van der Waals surface area contributed by atoms with E-state index in [1.807, 2.05) is 42.9 Å². The van der Waals surface area contributed by atoms with Gasteiger partial charge in [0.05, 0.1) is 0 Å². The van der Waals surface area contributed by atoms with E-state index in [-0.39, 0.29) is 5.91 Å². The number of fused-ring (bicyclic) bond motifs is 1. The van der Waals surface area contributed by atoms with Crippen LogP contribution in [0.5, 0.6) is 0 Å². The molecule has 0 bridgehead atoms. The maximum Gasteiger partial charge on any atom is 0.248 e. The molecule has 0 unspecified atom stereocenters. The summed E-state index contributed by atoms with van der Waals surface area (Å²) in [7, 11) is 0. The first-order valence-electron chi connectivity index (χ1n) is 9.15. The highest BCUT2D eigenvalue weighted by Crippen LogP contribution is 2.19. The molecule has 27 heavy (non-hydrogen) atoms. The van der Waals surface area contributed by atoms with E-state index in [1.54, 1.807) is 0 Å². The molecule has 7 heteroatoms. The van der Waals surface area contributed by atoms with Gasteiger partial charge in [0.1, 0.15) is 5.82 Å². The van der Waals surface area contributed by atoms with E-state index >= 15 is 0 Å². The predicted octanol–water partition coefficient (Wildman–Crippen LogP) is 3.29. The van der Waals surface area contributed by atoms with Crippen molar-refractivity contribution >= 4 is 22.8 Å². The lowest BCUT2D eigenvalue weighted by Crippen LogP contribution is -2.13. The maximum absolute atomic E-state index is 12.0. The molecule has 0 atom stereocenters. The summed E-state index contributed by atoms with van der Waals surface area (Å²) < 4.78 is 2.06. The van der Waals surface area contributed by atoms with Crippen LogP contribution in [0.2, 0.25) is 0 Å². The van der Waals surface area contributed by atoms with Gasteiger partial charge in [-0.05, 0) is 36.6 Å². The Balaban J connectivity index is 1.26. The van der Waals surface area contributed by atoms with Gasteiger partial charge in [0.25, 0.3) is 0 Å². The molecule has 0 aliphatic rings. The van der Waals surface area contributed by atoms with Crippen LogP contribution in [0.15, 0.2) is 55.0 Å². The van der Waals surface area contributed by atoms with Gasteiger partial charge in [-0.2, -0.15) is 4.98 Å². The Hall–Kier alpha value is -3.35. The Morgan fingerprint density at radius 3 is 2.85 bits per heavy atom. The summed E-state index contributed by atoms with van der Waals surface area (Å²) in [6, 6.07) is 12.2. The zero-order chi connectivity index (χ0) is 18.5. The molecule has 0 aliphatic carbocycles. The number of anilines is 1. The van der Waals surface area contributed by atoms with E-state index in [4.69, 9.17) is 0 Å². The average molecular weight is 362 g/mol. The minimum atomic E-state index is -0.0654. The van der Waals surface area contributed by atoms with Crippen molar-refractivity contribution in [2.24, 2.45) is 0 Å². The molecular weight excluding hydrogens is 340 g/mol. The number of hydrogen-bond acceptors (Lipinski definition) is 3. The van der Waals surface area contributed by atoms with Gasteiger partial charge < -0.3 is 9.55 Å². The van der Waals surface area contributed by atoms with Gasteiger partial charge in [0.15, 0.2) is 0 Å². The number of para-hydroxylation sites is 1. The highest BCUT2D eigenvalue weighted by molar-refractivity contribution is 5.88. The van der Waals surface area contributed by atoms with Crippen molar-refractivity contribution in [1.82, 2.24) is 24.7 Å². The lowest BCUT2D eigenvalue weighted by atomic mass is 10.1. The molecule has 0 saturated heterocycles. The molecule has 3 N–H and O–H groups in total. The predicted molar refractivity (Wildman–Crippen MR) is 104 cm³/mol. The van der Waals surface area contributed by atoms with Crippen molar-refractivity contribution in [2.75, 3.05) is 5.32 Å². The van der Waals surface area contributed by atoms with Crippen molar-refractivity contribution in [1.29, 1.82) is 0 Å². The van der Waals surface area contributed by atoms with Crippen molar-refractivity contribution in [3.8, 4) is 0 Å². The molecule has 3 heterocycles. The minimum absolute atomic E-state index is 0.0654. The van der Waals surface area contributed by atoms with Crippen molar-refractivity contribution in [2.45, 2.75) is 32.2 Å². The van der Waals surface area contributed by atoms with Crippen LogP contribution in [-0.2, 0) is 24.2 Å². The van der Waals surface area contributed by atoms with Crippen molar-refractivity contribution < 1.29 is 4.79 Å². The smallest absolute Gasteiger partial charge is 0.248 e.